The fourth-order valence-electron chi connectivity index (χ4n) is 3.86. The van der Waals surface area contributed by atoms with Crippen molar-refractivity contribution in [2.24, 2.45) is 0 Å². The Labute approximate surface area is 227 Å². The highest BCUT2D eigenvalue weighted by Gasteiger charge is 2.21. The molecule has 12 nitrogen and oxygen atoms in total. The third-order valence-corrected chi connectivity index (χ3v) is 5.74. The Kier molecular flexibility index (Phi) is 7.27. The number of benzene rings is 2. The fraction of sp³-hybridized carbons (Fsp3) is 0.148. The molecule has 0 saturated heterocycles. The molecule has 0 aliphatic carbocycles. The summed E-state index contributed by atoms with van der Waals surface area (Å²) >= 11 is 0. The molecule has 40 heavy (non-hydrogen) atoms. The Balaban J connectivity index is 1.38. The third-order valence-electron chi connectivity index (χ3n) is 5.74. The van der Waals surface area contributed by atoms with Gasteiger partial charge in [-0.3, -0.25) is 9.78 Å². The number of nitrogens with zero attached hydrogens (tertiary/aromatic N) is 5. The van der Waals surface area contributed by atoms with Crippen molar-refractivity contribution in [3.05, 3.63) is 72.7 Å². The van der Waals surface area contributed by atoms with Crippen LogP contribution in [0.1, 0.15) is 17.4 Å². The first kappa shape index (κ1) is 26.2. The number of nitrogens with two attached hydrogens (primary N) is 1. The number of nitrogens with one attached hydrogen (secondary N) is 1. The van der Waals surface area contributed by atoms with Crippen LogP contribution in [0.4, 0.5) is 16.0 Å². The van der Waals surface area contributed by atoms with E-state index in [1.165, 1.54) is 49.6 Å². The van der Waals surface area contributed by atoms with Crippen molar-refractivity contribution in [1.29, 1.82) is 0 Å². The van der Waals surface area contributed by atoms with Crippen molar-refractivity contribution in [3.63, 3.8) is 0 Å². The number of anilines is 2. The van der Waals surface area contributed by atoms with E-state index in [9.17, 15) is 4.79 Å². The third kappa shape index (κ3) is 5.25. The summed E-state index contributed by atoms with van der Waals surface area (Å²) in [5.74, 6) is 0.564. The van der Waals surface area contributed by atoms with Gasteiger partial charge in [-0.15, -0.1) is 0 Å². The molecule has 0 unspecified atom stereocenters. The van der Waals surface area contributed by atoms with Gasteiger partial charge in [-0.25, -0.2) is 19.0 Å². The minimum atomic E-state index is -0.715. The smallest absolute Gasteiger partial charge is 0.280 e. The van der Waals surface area contributed by atoms with Gasteiger partial charge in [0.15, 0.2) is 22.9 Å². The van der Waals surface area contributed by atoms with E-state index in [2.05, 4.69) is 25.4 Å². The number of hydrogen-bond donors (Lipinski definition) is 2. The van der Waals surface area contributed by atoms with E-state index >= 15 is 4.39 Å². The molecule has 0 atom stereocenters. The topological polar surface area (TPSA) is 149 Å². The van der Waals surface area contributed by atoms with Crippen molar-refractivity contribution in [2.45, 2.75) is 6.92 Å². The van der Waals surface area contributed by atoms with E-state index in [4.69, 9.17) is 24.7 Å². The van der Waals surface area contributed by atoms with Crippen LogP contribution in [0, 0.1) is 5.82 Å². The summed E-state index contributed by atoms with van der Waals surface area (Å²) in [6.07, 6.45) is 5.97. The number of fused-ring (bicyclic) bond motifs is 1. The highest BCUT2D eigenvalue weighted by molar-refractivity contribution is 6.04. The fourth-order valence-corrected chi connectivity index (χ4v) is 3.86. The summed E-state index contributed by atoms with van der Waals surface area (Å²) in [5, 5.41) is 7.44. The molecule has 13 heteroatoms. The van der Waals surface area contributed by atoms with Gasteiger partial charge in [-0.05, 0) is 31.2 Å². The minimum Gasteiger partial charge on any atom is -0.493 e. The monoisotopic (exact) mass is 545 g/mol. The first-order valence-corrected chi connectivity index (χ1v) is 12.0. The highest BCUT2D eigenvalue weighted by atomic mass is 19.1. The quantitative estimate of drug-likeness (QED) is 0.273. The summed E-state index contributed by atoms with van der Waals surface area (Å²) in [7, 11) is 3.06. The SMILES string of the molecule is CCOc1cn(-c2cnc(N)nc2)nc1C(=O)Nc1ccc(Oc2ccnc3cc(OC)c(OC)cc23)cc1F. The molecule has 5 aromatic rings. The average molecular weight is 546 g/mol. The molecule has 204 valence electrons. The average Bonchev–Trinajstić information content (AvgIpc) is 3.38. The molecular formula is C27H24FN7O5. The van der Waals surface area contributed by atoms with Gasteiger partial charge in [0.1, 0.15) is 23.0 Å². The second kappa shape index (κ2) is 11.1. The van der Waals surface area contributed by atoms with E-state index in [0.29, 0.717) is 33.8 Å². The maximum atomic E-state index is 15.1. The lowest BCUT2D eigenvalue weighted by Crippen LogP contribution is -2.15. The number of pyridine rings is 1. The molecule has 0 bridgehead atoms. The molecule has 0 aliphatic heterocycles. The van der Waals surface area contributed by atoms with Gasteiger partial charge in [0.25, 0.3) is 5.91 Å². The number of rotatable bonds is 9. The zero-order valence-electron chi connectivity index (χ0n) is 21.7. The molecule has 3 N–H and O–H groups in total. The molecular weight excluding hydrogens is 521 g/mol. The molecule has 3 aromatic heterocycles. The number of amides is 1. The van der Waals surface area contributed by atoms with Gasteiger partial charge in [0, 0.05) is 23.7 Å². The van der Waals surface area contributed by atoms with Crippen molar-refractivity contribution in [2.75, 3.05) is 31.9 Å². The summed E-state index contributed by atoms with van der Waals surface area (Å²) in [6, 6.07) is 9.18. The molecule has 5 rings (SSSR count). The lowest BCUT2D eigenvalue weighted by molar-refractivity contribution is 0.101. The first-order valence-electron chi connectivity index (χ1n) is 12.0. The van der Waals surface area contributed by atoms with E-state index in [-0.39, 0.29) is 35.4 Å². The van der Waals surface area contributed by atoms with Crippen molar-refractivity contribution in [3.8, 4) is 34.4 Å². The summed E-state index contributed by atoms with van der Waals surface area (Å²) in [6.45, 7) is 2.05. The van der Waals surface area contributed by atoms with E-state index in [0.717, 1.165) is 6.07 Å². The van der Waals surface area contributed by atoms with E-state index < -0.39 is 11.7 Å². The lowest BCUT2D eigenvalue weighted by atomic mass is 10.2. The largest absolute Gasteiger partial charge is 0.493 e. The Morgan fingerprint density at radius 1 is 1.00 bits per heavy atom. The highest BCUT2D eigenvalue weighted by Crippen LogP contribution is 2.37. The van der Waals surface area contributed by atoms with Crippen LogP contribution in [0.25, 0.3) is 16.6 Å². The van der Waals surface area contributed by atoms with Gasteiger partial charge >= 0.3 is 0 Å². The predicted octanol–water partition coefficient (Wildman–Crippen LogP) is 4.39. The zero-order chi connectivity index (χ0) is 28.2. The molecule has 0 saturated carbocycles. The maximum absolute atomic E-state index is 15.1. The Morgan fingerprint density at radius 3 is 2.45 bits per heavy atom. The predicted molar refractivity (Wildman–Crippen MR) is 144 cm³/mol. The summed E-state index contributed by atoms with van der Waals surface area (Å²) in [4.78, 5) is 25.2. The standard InChI is InChI=1S/C27H24FN7O5/c1-4-39-24-14-35(15-12-31-27(29)32-13-15)34-25(24)26(36)33-19-6-5-16(9-18(19)28)40-21-7-8-30-20-11-23(38-3)22(37-2)10-17(20)21/h5-14H,4H2,1-3H3,(H,33,36)(H2,29,31,32). The number of aromatic nitrogens is 5. The minimum absolute atomic E-state index is 0.0500. The number of halogens is 1. The lowest BCUT2D eigenvalue weighted by Gasteiger charge is -2.13. The normalized spacial score (nSPS) is 10.8. The van der Waals surface area contributed by atoms with Crippen LogP contribution in [0.15, 0.2) is 61.2 Å². The van der Waals surface area contributed by atoms with Crippen LogP contribution in [-0.2, 0) is 0 Å². The first-order chi connectivity index (χ1) is 19.4. The van der Waals surface area contributed by atoms with Crippen LogP contribution < -0.4 is 30.0 Å². The van der Waals surface area contributed by atoms with E-state index in [1.54, 1.807) is 31.3 Å². The summed E-state index contributed by atoms with van der Waals surface area (Å²) < 4.78 is 38.7. The van der Waals surface area contributed by atoms with Crippen LogP contribution in [0.5, 0.6) is 28.7 Å². The number of nitrogen functional groups attached to an aromatic ring is 1. The van der Waals surface area contributed by atoms with Crippen LogP contribution >= 0.6 is 0 Å². The van der Waals surface area contributed by atoms with Crippen LogP contribution in [0.3, 0.4) is 0 Å². The van der Waals surface area contributed by atoms with Crippen molar-refractivity contribution in [1.82, 2.24) is 24.7 Å². The molecule has 0 spiro atoms. The molecule has 2 aromatic carbocycles. The Morgan fingerprint density at radius 2 is 1.75 bits per heavy atom. The zero-order valence-corrected chi connectivity index (χ0v) is 21.7. The van der Waals surface area contributed by atoms with Gasteiger partial charge in [0.2, 0.25) is 5.95 Å². The van der Waals surface area contributed by atoms with Gasteiger partial charge in [-0.1, -0.05) is 0 Å². The maximum Gasteiger partial charge on any atom is 0.280 e. The van der Waals surface area contributed by atoms with Gasteiger partial charge in [0.05, 0.1) is 50.6 Å². The second-order valence-electron chi connectivity index (χ2n) is 8.25. The van der Waals surface area contributed by atoms with E-state index in [1.807, 2.05) is 0 Å². The van der Waals surface area contributed by atoms with Gasteiger partial charge < -0.3 is 30.0 Å². The number of carbonyl (C=O) groups excluding carboxylic acids is 1. The van der Waals surface area contributed by atoms with Gasteiger partial charge in [-0.2, -0.15) is 5.10 Å². The molecule has 0 aliphatic rings. The van der Waals surface area contributed by atoms with Crippen molar-refractivity contribution < 1.29 is 28.1 Å². The number of methoxy groups -OCH3 is 2. The van der Waals surface area contributed by atoms with Crippen molar-refractivity contribution >= 4 is 28.4 Å². The second-order valence-corrected chi connectivity index (χ2v) is 8.25. The number of carbonyl (C=O) groups is 1. The molecule has 3 heterocycles. The van der Waals surface area contributed by atoms with Crippen LogP contribution in [-0.4, -0.2) is 51.5 Å². The molecule has 0 fully saturated rings. The number of hydrogen-bond acceptors (Lipinski definition) is 10. The molecule has 1 amide bonds. The summed E-state index contributed by atoms with van der Waals surface area (Å²) in [5.41, 5.74) is 6.48. The Hall–Kier alpha value is -5.46. The molecule has 0 radical (unpaired) electrons. The number of ether oxygens (including phenoxy) is 4. The Bertz CT molecular complexity index is 1690. The van der Waals surface area contributed by atoms with Crippen LogP contribution in [0.2, 0.25) is 0 Å².